The minimum Gasteiger partial charge on any atom is -0.481 e. The Balaban J connectivity index is 1.81. The lowest BCUT2D eigenvalue weighted by Gasteiger charge is -2.45. The summed E-state index contributed by atoms with van der Waals surface area (Å²) in [5, 5.41) is 24.1. The third kappa shape index (κ3) is 6.83. The third-order valence-electron chi connectivity index (χ3n) is 7.45. The van der Waals surface area contributed by atoms with E-state index in [1.54, 1.807) is 84.9 Å². The first-order valence-corrected chi connectivity index (χ1v) is 13.7. The fourth-order valence-corrected chi connectivity index (χ4v) is 4.93. The lowest BCUT2D eigenvalue weighted by molar-refractivity contribution is -0.164. The first-order valence-electron chi connectivity index (χ1n) is 13.7. The summed E-state index contributed by atoms with van der Waals surface area (Å²) in [5.74, 6) is -4.76. The van der Waals surface area contributed by atoms with Gasteiger partial charge in [-0.3, -0.25) is 19.2 Å². The SMILES string of the molecule is CC1(C(=O)N(Cc2ccccc2)[C@](C)(Cc2ccccc2)C(=O)N[C@H](CCC(=O)O)C(=O)O)Oc2ccccc2NC1=O. The van der Waals surface area contributed by atoms with Crippen molar-refractivity contribution < 1.29 is 38.9 Å². The standard InChI is InChI=1S/C32H33N3O8/c1-31(19-21-11-5-3-6-12-21,28(40)34-24(27(38)39)17-18-26(36)37)35(20-22-13-7-4-8-14-22)30(42)32(2)29(41)33-23-15-9-10-16-25(23)43-32/h3-16,24H,17-20H2,1-2H3,(H,33,41)(H,34,40)(H,36,37)(H,38,39)/t24-,31-,32?/m1/s1. The van der Waals surface area contributed by atoms with Crippen molar-refractivity contribution >= 4 is 35.3 Å². The zero-order chi connectivity index (χ0) is 31.2. The van der Waals surface area contributed by atoms with Gasteiger partial charge in [0.05, 0.1) is 5.69 Å². The van der Waals surface area contributed by atoms with Crippen molar-refractivity contribution in [2.75, 3.05) is 5.32 Å². The molecule has 3 aromatic carbocycles. The van der Waals surface area contributed by atoms with Gasteiger partial charge in [0.15, 0.2) is 0 Å². The van der Waals surface area contributed by atoms with Crippen LogP contribution in [-0.4, -0.2) is 62.0 Å². The molecule has 1 unspecified atom stereocenters. The van der Waals surface area contributed by atoms with Crippen LogP contribution in [0.1, 0.15) is 37.8 Å². The fraction of sp³-hybridized carbons (Fsp3) is 0.281. The number of amides is 3. The molecule has 224 valence electrons. The molecule has 11 nitrogen and oxygen atoms in total. The van der Waals surface area contributed by atoms with Crippen molar-refractivity contribution in [3.05, 3.63) is 96.1 Å². The minimum absolute atomic E-state index is 0.0577. The summed E-state index contributed by atoms with van der Waals surface area (Å²) in [6.45, 7) is 2.69. The number of hydrogen-bond donors (Lipinski definition) is 4. The molecule has 43 heavy (non-hydrogen) atoms. The average Bonchev–Trinajstić information content (AvgIpc) is 2.98. The van der Waals surface area contributed by atoms with Crippen LogP contribution in [0.15, 0.2) is 84.9 Å². The van der Waals surface area contributed by atoms with Crippen molar-refractivity contribution in [1.82, 2.24) is 10.2 Å². The lowest BCUT2D eigenvalue weighted by Crippen LogP contribution is -2.68. The van der Waals surface area contributed by atoms with E-state index in [1.807, 2.05) is 0 Å². The van der Waals surface area contributed by atoms with E-state index in [0.29, 0.717) is 16.8 Å². The highest BCUT2D eigenvalue weighted by atomic mass is 16.5. The maximum Gasteiger partial charge on any atom is 0.326 e. The second-order valence-electron chi connectivity index (χ2n) is 10.7. The van der Waals surface area contributed by atoms with Crippen LogP contribution in [0, 0.1) is 0 Å². The number of nitrogens with zero attached hydrogens (tertiary/aromatic N) is 1. The molecule has 1 aliphatic rings. The molecule has 0 fully saturated rings. The number of fused-ring (bicyclic) bond motifs is 1. The average molecular weight is 588 g/mol. The molecule has 3 atom stereocenters. The Labute approximate surface area is 248 Å². The van der Waals surface area contributed by atoms with Gasteiger partial charge in [0.25, 0.3) is 17.4 Å². The number of aliphatic carboxylic acids is 2. The van der Waals surface area contributed by atoms with Crippen LogP contribution >= 0.6 is 0 Å². The Morgan fingerprint density at radius 1 is 0.930 bits per heavy atom. The summed E-state index contributed by atoms with van der Waals surface area (Å²) in [4.78, 5) is 66.6. The predicted octanol–water partition coefficient (Wildman–Crippen LogP) is 3.24. The zero-order valence-corrected chi connectivity index (χ0v) is 23.8. The number of benzene rings is 3. The van der Waals surface area contributed by atoms with Crippen LogP contribution < -0.4 is 15.4 Å². The van der Waals surface area contributed by atoms with Crippen molar-refractivity contribution in [3.8, 4) is 5.75 Å². The van der Waals surface area contributed by atoms with Gasteiger partial charge in [-0.1, -0.05) is 72.8 Å². The number of nitrogens with one attached hydrogen (secondary N) is 2. The Hall–Kier alpha value is -5.19. The number of ether oxygens (including phenoxy) is 1. The molecule has 0 bridgehead atoms. The van der Waals surface area contributed by atoms with Gasteiger partial charge < -0.3 is 30.5 Å². The maximum absolute atomic E-state index is 14.6. The quantitative estimate of drug-likeness (QED) is 0.235. The molecule has 0 spiro atoms. The summed E-state index contributed by atoms with van der Waals surface area (Å²) in [6.07, 6.45) is -0.924. The van der Waals surface area contributed by atoms with Crippen molar-refractivity contribution in [3.63, 3.8) is 0 Å². The van der Waals surface area contributed by atoms with Crippen LogP contribution in [0.25, 0.3) is 0 Å². The van der Waals surface area contributed by atoms with Gasteiger partial charge in [-0.05, 0) is 43.5 Å². The van der Waals surface area contributed by atoms with Crippen LogP contribution in [0.4, 0.5) is 5.69 Å². The molecule has 4 rings (SSSR count). The predicted molar refractivity (Wildman–Crippen MR) is 156 cm³/mol. The van der Waals surface area contributed by atoms with Gasteiger partial charge in [0.2, 0.25) is 5.91 Å². The molecule has 0 aliphatic carbocycles. The molecule has 3 aromatic rings. The topological polar surface area (TPSA) is 162 Å². The summed E-state index contributed by atoms with van der Waals surface area (Å²) >= 11 is 0. The van der Waals surface area contributed by atoms with Crippen LogP contribution in [0.2, 0.25) is 0 Å². The van der Waals surface area contributed by atoms with E-state index < -0.39 is 53.3 Å². The molecular weight excluding hydrogens is 554 g/mol. The molecule has 1 heterocycles. The minimum atomic E-state index is -2.09. The Kier molecular flexibility index (Phi) is 9.13. The molecular formula is C32H33N3O8. The Morgan fingerprint density at radius 3 is 2.12 bits per heavy atom. The number of carboxylic acids is 2. The fourth-order valence-electron chi connectivity index (χ4n) is 4.93. The van der Waals surface area contributed by atoms with Gasteiger partial charge >= 0.3 is 11.9 Å². The number of anilines is 1. The monoisotopic (exact) mass is 587 g/mol. The Morgan fingerprint density at radius 2 is 1.51 bits per heavy atom. The summed E-state index contributed by atoms with van der Waals surface area (Å²) in [6, 6.07) is 22.8. The summed E-state index contributed by atoms with van der Waals surface area (Å²) < 4.78 is 6.03. The first-order chi connectivity index (χ1) is 20.4. The highest BCUT2D eigenvalue weighted by molar-refractivity contribution is 6.16. The van der Waals surface area contributed by atoms with Gasteiger partial charge in [-0.2, -0.15) is 0 Å². The zero-order valence-electron chi connectivity index (χ0n) is 23.8. The van der Waals surface area contributed by atoms with Crippen LogP contribution in [0.5, 0.6) is 5.75 Å². The third-order valence-corrected chi connectivity index (χ3v) is 7.45. The number of carboxylic acid groups (broad SMARTS) is 2. The van der Waals surface area contributed by atoms with Crippen molar-refractivity contribution in [2.24, 2.45) is 0 Å². The van der Waals surface area contributed by atoms with E-state index >= 15 is 0 Å². The summed E-state index contributed by atoms with van der Waals surface area (Å²) in [7, 11) is 0. The van der Waals surface area contributed by atoms with E-state index in [-0.39, 0.29) is 25.1 Å². The molecule has 4 N–H and O–H groups in total. The van der Waals surface area contributed by atoms with Crippen molar-refractivity contribution in [2.45, 2.75) is 56.8 Å². The molecule has 0 radical (unpaired) electrons. The number of hydrogen-bond acceptors (Lipinski definition) is 6. The maximum atomic E-state index is 14.6. The van der Waals surface area contributed by atoms with Gasteiger partial charge in [0.1, 0.15) is 17.3 Å². The smallest absolute Gasteiger partial charge is 0.326 e. The first kappa shape index (κ1) is 30.8. The molecule has 0 saturated carbocycles. The van der Waals surface area contributed by atoms with Crippen LogP contribution in [-0.2, 0) is 36.9 Å². The molecule has 11 heteroatoms. The molecule has 0 aromatic heterocycles. The normalized spacial score (nSPS) is 17.7. The van der Waals surface area contributed by atoms with E-state index in [4.69, 9.17) is 9.84 Å². The van der Waals surface area contributed by atoms with Gasteiger partial charge in [-0.15, -0.1) is 0 Å². The number of para-hydroxylation sites is 2. The van der Waals surface area contributed by atoms with E-state index in [0.717, 1.165) is 0 Å². The summed E-state index contributed by atoms with van der Waals surface area (Å²) in [5.41, 5.74) is -2.16. The van der Waals surface area contributed by atoms with E-state index in [2.05, 4.69) is 10.6 Å². The number of carbonyl (C=O) groups is 5. The highest BCUT2D eigenvalue weighted by Gasteiger charge is 2.54. The van der Waals surface area contributed by atoms with E-state index in [9.17, 15) is 29.1 Å². The molecule has 3 amide bonds. The second-order valence-corrected chi connectivity index (χ2v) is 10.7. The Bertz CT molecular complexity index is 1510. The van der Waals surface area contributed by atoms with Crippen molar-refractivity contribution in [1.29, 1.82) is 0 Å². The second kappa shape index (κ2) is 12.8. The number of rotatable bonds is 12. The molecule has 1 aliphatic heterocycles. The largest absolute Gasteiger partial charge is 0.481 e. The number of carbonyl (C=O) groups excluding carboxylic acids is 3. The van der Waals surface area contributed by atoms with Gasteiger partial charge in [0, 0.05) is 19.4 Å². The lowest BCUT2D eigenvalue weighted by atomic mass is 9.86. The van der Waals surface area contributed by atoms with E-state index in [1.165, 1.54) is 18.7 Å². The molecule has 0 saturated heterocycles. The highest BCUT2D eigenvalue weighted by Crippen LogP contribution is 2.36. The van der Waals surface area contributed by atoms with Crippen LogP contribution in [0.3, 0.4) is 0 Å². The van der Waals surface area contributed by atoms with Gasteiger partial charge in [-0.25, -0.2) is 4.79 Å².